The Hall–Kier alpha value is -2.57. The first-order chi connectivity index (χ1) is 12.5. The third kappa shape index (κ3) is 4.74. The number of hydrogen-bond donors (Lipinski definition) is 2. The molecule has 0 spiro atoms. The molecule has 0 radical (unpaired) electrons. The highest BCUT2D eigenvalue weighted by Gasteiger charge is 2.27. The first-order valence-corrected chi connectivity index (χ1v) is 8.68. The van der Waals surface area contributed by atoms with Gasteiger partial charge in [0.1, 0.15) is 6.61 Å². The van der Waals surface area contributed by atoms with Gasteiger partial charge in [0.25, 0.3) is 5.91 Å². The minimum Gasteiger partial charge on any atom is -0.365 e. The van der Waals surface area contributed by atoms with E-state index in [1.165, 1.54) is 0 Å². The average Bonchev–Trinajstić information content (AvgIpc) is 2.63. The van der Waals surface area contributed by atoms with Crippen LogP contribution in [0.5, 0.6) is 0 Å². The van der Waals surface area contributed by atoms with Crippen LogP contribution < -0.4 is 15.5 Å². The van der Waals surface area contributed by atoms with Crippen LogP contribution in [0.2, 0.25) is 5.02 Å². The van der Waals surface area contributed by atoms with Crippen LogP contribution in [0.25, 0.3) is 0 Å². The number of carbonyl (C=O) groups is 2. The van der Waals surface area contributed by atoms with Gasteiger partial charge in [-0.25, -0.2) is 4.79 Å². The third-order valence-electron chi connectivity index (χ3n) is 4.04. The SMILES string of the molecule is Cc1cccc(N2CC(CNC(=O)Nc3ccc(Cl)cc3)OCC2=O)c1. The summed E-state index contributed by atoms with van der Waals surface area (Å²) < 4.78 is 5.54. The Morgan fingerprint density at radius 2 is 2.04 bits per heavy atom. The molecule has 1 aliphatic heterocycles. The molecule has 2 aromatic carbocycles. The van der Waals surface area contributed by atoms with Crippen LogP contribution in [-0.4, -0.2) is 37.7 Å². The van der Waals surface area contributed by atoms with Crippen molar-refractivity contribution in [3.8, 4) is 0 Å². The van der Waals surface area contributed by atoms with Gasteiger partial charge in [-0.2, -0.15) is 0 Å². The first-order valence-electron chi connectivity index (χ1n) is 8.30. The number of halogens is 1. The van der Waals surface area contributed by atoms with Gasteiger partial charge in [0.05, 0.1) is 12.6 Å². The molecule has 1 fully saturated rings. The number of nitrogens with one attached hydrogen (secondary N) is 2. The van der Waals surface area contributed by atoms with E-state index in [1.54, 1.807) is 29.2 Å². The van der Waals surface area contributed by atoms with Gasteiger partial charge in [-0.15, -0.1) is 0 Å². The Kier molecular flexibility index (Phi) is 5.75. The van der Waals surface area contributed by atoms with Crippen molar-refractivity contribution in [1.82, 2.24) is 5.32 Å². The quantitative estimate of drug-likeness (QED) is 0.864. The standard InChI is InChI=1S/C19H20ClN3O3/c1-13-3-2-4-16(9-13)23-11-17(26-12-18(23)24)10-21-19(25)22-15-7-5-14(20)6-8-15/h2-9,17H,10-12H2,1H3,(H2,21,22,25). The van der Waals surface area contributed by atoms with E-state index in [0.717, 1.165) is 11.3 Å². The van der Waals surface area contributed by atoms with Gasteiger partial charge >= 0.3 is 6.03 Å². The molecule has 2 N–H and O–H groups in total. The molecule has 0 aromatic heterocycles. The molecule has 26 heavy (non-hydrogen) atoms. The highest BCUT2D eigenvalue weighted by atomic mass is 35.5. The van der Waals surface area contributed by atoms with Gasteiger partial charge in [-0.3, -0.25) is 4.79 Å². The largest absolute Gasteiger partial charge is 0.365 e. The van der Waals surface area contributed by atoms with E-state index in [-0.39, 0.29) is 24.6 Å². The highest BCUT2D eigenvalue weighted by molar-refractivity contribution is 6.30. The van der Waals surface area contributed by atoms with Crippen molar-refractivity contribution in [1.29, 1.82) is 0 Å². The second-order valence-corrected chi connectivity index (χ2v) is 6.55. The molecular formula is C19H20ClN3O3. The summed E-state index contributed by atoms with van der Waals surface area (Å²) in [5, 5.41) is 6.09. The van der Waals surface area contributed by atoms with E-state index in [4.69, 9.17) is 16.3 Å². The molecule has 2 aromatic rings. The summed E-state index contributed by atoms with van der Waals surface area (Å²) in [7, 11) is 0. The number of rotatable bonds is 4. The number of urea groups is 1. The number of benzene rings is 2. The van der Waals surface area contributed by atoms with Crippen LogP contribution in [0.1, 0.15) is 5.56 Å². The number of carbonyl (C=O) groups excluding carboxylic acids is 2. The second-order valence-electron chi connectivity index (χ2n) is 6.12. The van der Waals surface area contributed by atoms with Crippen molar-refractivity contribution in [3.63, 3.8) is 0 Å². The number of amides is 3. The highest BCUT2D eigenvalue weighted by Crippen LogP contribution is 2.19. The van der Waals surface area contributed by atoms with E-state index < -0.39 is 0 Å². The first kappa shape index (κ1) is 18.2. The van der Waals surface area contributed by atoms with Gasteiger partial charge in [-0.1, -0.05) is 23.7 Å². The lowest BCUT2D eigenvalue weighted by Gasteiger charge is -2.33. The summed E-state index contributed by atoms with van der Waals surface area (Å²) in [5.41, 5.74) is 2.57. The van der Waals surface area contributed by atoms with Crippen molar-refractivity contribution in [2.75, 3.05) is 29.9 Å². The second kappa shape index (κ2) is 8.21. The average molecular weight is 374 g/mol. The number of nitrogens with zero attached hydrogens (tertiary/aromatic N) is 1. The lowest BCUT2D eigenvalue weighted by atomic mass is 10.1. The summed E-state index contributed by atoms with van der Waals surface area (Å²) in [4.78, 5) is 25.9. The number of aryl methyl sites for hydroxylation is 1. The molecule has 0 aliphatic carbocycles. The number of hydrogen-bond acceptors (Lipinski definition) is 3. The van der Waals surface area contributed by atoms with Gasteiger partial charge in [-0.05, 0) is 48.9 Å². The van der Waals surface area contributed by atoms with Crippen molar-refractivity contribution in [2.45, 2.75) is 13.0 Å². The summed E-state index contributed by atoms with van der Waals surface area (Å²) in [6.45, 7) is 2.67. The van der Waals surface area contributed by atoms with Crippen LogP contribution in [0.4, 0.5) is 16.2 Å². The fourth-order valence-electron chi connectivity index (χ4n) is 2.71. The zero-order chi connectivity index (χ0) is 18.5. The normalized spacial score (nSPS) is 17.1. The van der Waals surface area contributed by atoms with E-state index >= 15 is 0 Å². The lowest BCUT2D eigenvalue weighted by molar-refractivity contribution is -0.129. The maximum Gasteiger partial charge on any atom is 0.319 e. The van der Waals surface area contributed by atoms with E-state index in [2.05, 4.69) is 10.6 Å². The van der Waals surface area contributed by atoms with Crippen LogP contribution in [0.3, 0.4) is 0 Å². The zero-order valence-electron chi connectivity index (χ0n) is 14.4. The molecule has 1 unspecified atom stereocenters. The van der Waals surface area contributed by atoms with Crippen LogP contribution in [-0.2, 0) is 9.53 Å². The fraction of sp³-hybridized carbons (Fsp3) is 0.263. The zero-order valence-corrected chi connectivity index (χ0v) is 15.1. The van der Waals surface area contributed by atoms with Crippen LogP contribution in [0, 0.1) is 6.92 Å². The monoisotopic (exact) mass is 373 g/mol. The van der Waals surface area contributed by atoms with Gasteiger partial charge < -0.3 is 20.3 Å². The molecule has 1 aliphatic rings. The number of morpholine rings is 1. The lowest BCUT2D eigenvalue weighted by Crippen LogP contribution is -2.51. The minimum atomic E-state index is -0.338. The molecule has 1 atom stereocenters. The van der Waals surface area contributed by atoms with E-state index in [0.29, 0.717) is 23.8 Å². The third-order valence-corrected chi connectivity index (χ3v) is 4.29. The van der Waals surface area contributed by atoms with E-state index in [1.807, 2.05) is 31.2 Å². The van der Waals surface area contributed by atoms with Crippen molar-refractivity contribution < 1.29 is 14.3 Å². The van der Waals surface area contributed by atoms with Gasteiger partial charge in [0.15, 0.2) is 0 Å². The minimum absolute atomic E-state index is 0.000901. The summed E-state index contributed by atoms with van der Waals surface area (Å²) >= 11 is 5.82. The molecular weight excluding hydrogens is 354 g/mol. The maximum atomic E-state index is 12.1. The summed E-state index contributed by atoms with van der Waals surface area (Å²) in [6.07, 6.45) is -0.274. The Morgan fingerprint density at radius 3 is 2.77 bits per heavy atom. The van der Waals surface area contributed by atoms with Gasteiger partial charge in [0.2, 0.25) is 0 Å². The molecule has 1 heterocycles. The fourth-order valence-corrected chi connectivity index (χ4v) is 2.83. The molecule has 136 valence electrons. The molecule has 6 nitrogen and oxygen atoms in total. The molecule has 0 saturated carbocycles. The predicted octanol–water partition coefficient (Wildman–Crippen LogP) is 3.20. The molecule has 3 rings (SSSR count). The summed E-state index contributed by atoms with van der Waals surface area (Å²) in [6, 6.07) is 14.3. The summed E-state index contributed by atoms with van der Waals surface area (Å²) in [5.74, 6) is -0.0857. The van der Waals surface area contributed by atoms with Gasteiger partial charge in [0, 0.05) is 22.9 Å². The number of ether oxygens (including phenoxy) is 1. The number of anilines is 2. The Bertz CT molecular complexity index is 795. The molecule has 0 bridgehead atoms. The van der Waals surface area contributed by atoms with Crippen LogP contribution >= 0.6 is 11.6 Å². The smallest absolute Gasteiger partial charge is 0.319 e. The molecule has 3 amide bonds. The van der Waals surface area contributed by atoms with Crippen molar-refractivity contribution in [2.24, 2.45) is 0 Å². The van der Waals surface area contributed by atoms with Crippen LogP contribution in [0.15, 0.2) is 48.5 Å². The molecule has 7 heteroatoms. The predicted molar refractivity (Wildman–Crippen MR) is 102 cm³/mol. The van der Waals surface area contributed by atoms with Crippen molar-refractivity contribution in [3.05, 3.63) is 59.1 Å². The Morgan fingerprint density at radius 1 is 1.27 bits per heavy atom. The Balaban J connectivity index is 1.54. The van der Waals surface area contributed by atoms with Crippen molar-refractivity contribution >= 4 is 34.9 Å². The van der Waals surface area contributed by atoms with E-state index in [9.17, 15) is 9.59 Å². The Labute approximate surface area is 157 Å². The topological polar surface area (TPSA) is 70.7 Å². The molecule has 1 saturated heterocycles. The maximum absolute atomic E-state index is 12.1.